The van der Waals surface area contributed by atoms with Crippen LogP contribution in [0.3, 0.4) is 0 Å². The van der Waals surface area contributed by atoms with Gasteiger partial charge in [0.2, 0.25) is 0 Å². The predicted molar refractivity (Wildman–Crippen MR) is 78.5 cm³/mol. The van der Waals surface area contributed by atoms with E-state index in [1.165, 1.54) is 0 Å². The Labute approximate surface area is 122 Å². The standard InChI is InChI=1S/C15H14Cl2O2/c1-8-3-10(6-12(16)14(8)18)5-11-4-9(2)15(19)13(17)7-11/h3-4,6-7,18-19H,5H2,1-2H3. The van der Waals surface area contributed by atoms with Gasteiger partial charge < -0.3 is 10.2 Å². The average Bonchev–Trinajstić information content (AvgIpc) is 2.33. The average molecular weight is 297 g/mol. The van der Waals surface area contributed by atoms with E-state index in [0.717, 1.165) is 22.3 Å². The van der Waals surface area contributed by atoms with Crippen LogP contribution in [0.1, 0.15) is 22.3 Å². The number of hydrogen-bond acceptors (Lipinski definition) is 2. The molecular formula is C15H14Cl2O2. The maximum atomic E-state index is 9.64. The molecule has 2 rings (SSSR count). The maximum absolute atomic E-state index is 9.64. The van der Waals surface area contributed by atoms with Crippen LogP contribution in [0.25, 0.3) is 0 Å². The third-order valence-corrected chi connectivity index (χ3v) is 3.61. The number of aromatic hydroxyl groups is 2. The zero-order chi connectivity index (χ0) is 14.2. The van der Waals surface area contributed by atoms with Crippen molar-refractivity contribution in [3.8, 4) is 11.5 Å². The Hall–Kier alpha value is -1.38. The van der Waals surface area contributed by atoms with Crippen molar-refractivity contribution in [2.24, 2.45) is 0 Å². The van der Waals surface area contributed by atoms with Crippen LogP contribution < -0.4 is 0 Å². The van der Waals surface area contributed by atoms with E-state index in [0.29, 0.717) is 16.5 Å². The molecule has 0 radical (unpaired) electrons. The van der Waals surface area contributed by atoms with Crippen molar-refractivity contribution >= 4 is 23.2 Å². The van der Waals surface area contributed by atoms with Crippen molar-refractivity contribution in [2.75, 3.05) is 0 Å². The lowest BCUT2D eigenvalue weighted by Crippen LogP contribution is -1.92. The molecule has 0 bridgehead atoms. The lowest BCUT2D eigenvalue weighted by Gasteiger charge is -2.09. The quantitative estimate of drug-likeness (QED) is 0.849. The Morgan fingerprint density at radius 1 is 0.789 bits per heavy atom. The summed E-state index contributed by atoms with van der Waals surface area (Å²) in [6.07, 6.45) is 0.641. The van der Waals surface area contributed by atoms with E-state index in [-0.39, 0.29) is 11.5 Å². The normalized spacial score (nSPS) is 10.7. The first kappa shape index (κ1) is 14.0. The van der Waals surface area contributed by atoms with Crippen LogP contribution in [-0.4, -0.2) is 10.2 Å². The first-order valence-corrected chi connectivity index (χ1v) is 6.60. The highest BCUT2D eigenvalue weighted by atomic mass is 35.5. The summed E-state index contributed by atoms with van der Waals surface area (Å²) in [5.74, 6) is 0.232. The second-order valence-electron chi connectivity index (χ2n) is 4.66. The molecule has 19 heavy (non-hydrogen) atoms. The number of phenolic OH excluding ortho intramolecular Hbond substituents is 2. The third-order valence-electron chi connectivity index (χ3n) is 3.04. The van der Waals surface area contributed by atoms with Crippen molar-refractivity contribution < 1.29 is 10.2 Å². The van der Waals surface area contributed by atoms with E-state index in [4.69, 9.17) is 23.2 Å². The molecular weight excluding hydrogens is 283 g/mol. The molecule has 0 amide bonds. The van der Waals surface area contributed by atoms with Gasteiger partial charge in [-0.15, -0.1) is 0 Å². The molecule has 0 saturated carbocycles. The van der Waals surface area contributed by atoms with Crippen LogP contribution in [0.5, 0.6) is 11.5 Å². The van der Waals surface area contributed by atoms with Gasteiger partial charge in [-0.1, -0.05) is 35.3 Å². The number of phenols is 2. The molecule has 2 aromatic carbocycles. The molecule has 0 saturated heterocycles. The fraction of sp³-hybridized carbons (Fsp3) is 0.200. The maximum Gasteiger partial charge on any atom is 0.137 e. The molecule has 2 aromatic rings. The SMILES string of the molecule is Cc1cc(Cc2cc(C)c(O)c(Cl)c2)cc(Cl)c1O. The van der Waals surface area contributed by atoms with Crippen LogP contribution in [0.2, 0.25) is 10.0 Å². The second kappa shape index (κ2) is 5.32. The van der Waals surface area contributed by atoms with Crippen LogP contribution in [0.4, 0.5) is 0 Å². The van der Waals surface area contributed by atoms with Crippen molar-refractivity contribution in [3.63, 3.8) is 0 Å². The van der Waals surface area contributed by atoms with Gasteiger partial charge in [-0.25, -0.2) is 0 Å². The summed E-state index contributed by atoms with van der Waals surface area (Å²) < 4.78 is 0. The van der Waals surface area contributed by atoms with E-state index < -0.39 is 0 Å². The van der Waals surface area contributed by atoms with Gasteiger partial charge in [-0.2, -0.15) is 0 Å². The molecule has 0 fully saturated rings. The lowest BCUT2D eigenvalue weighted by atomic mass is 10.0. The highest BCUT2D eigenvalue weighted by Gasteiger charge is 2.08. The Balaban J connectivity index is 2.36. The molecule has 0 aromatic heterocycles. The molecule has 0 aliphatic carbocycles. The smallest absolute Gasteiger partial charge is 0.137 e. The van der Waals surface area contributed by atoms with Crippen LogP contribution in [0, 0.1) is 13.8 Å². The molecule has 2 N–H and O–H groups in total. The van der Waals surface area contributed by atoms with Crippen molar-refractivity contribution in [1.29, 1.82) is 0 Å². The number of hydrogen-bond donors (Lipinski definition) is 2. The summed E-state index contributed by atoms with van der Waals surface area (Å²) in [6, 6.07) is 7.24. The zero-order valence-corrected chi connectivity index (χ0v) is 12.2. The number of halogens is 2. The van der Waals surface area contributed by atoms with E-state index in [1.807, 2.05) is 12.1 Å². The number of aryl methyl sites for hydroxylation is 2. The monoisotopic (exact) mass is 296 g/mol. The van der Waals surface area contributed by atoms with E-state index in [2.05, 4.69) is 0 Å². The summed E-state index contributed by atoms with van der Waals surface area (Å²) in [6.45, 7) is 3.61. The van der Waals surface area contributed by atoms with Crippen molar-refractivity contribution in [1.82, 2.24) is 0 Å². The predicted octanol–water partition coefficient (Wildman–Crippen LogP) is 4.61. The zero-order valence-electron chi connectivity index (χ0n) is 10.7. The number of benzene rings is 2. The largest absolute Gasteiger partial charge is 0.506 e. The molecule has 0 unspecified atom stereocenters. The van der Waals surface area contributed by atoms with Gasteiger partial charge in [-0.05, 0) is 54.7 Å². The second-order valence-corrected chi connectivity index (χ2v) is 5.48. The van der Waals surface area contributed by atoms with Crippen molar-refractivity contribution in [3.05, 3.63) is 56.6 Å². The lowest BCUT2D eigenvalue weighted by molar-refractivity contribution is 0.471. The van der Waals surface area contributed by atoms with E-state index in [1.54, 1.807) is 26.0 Å². The molecule has 0 spiro atoms. The van der Waals surface area contributed by atoms with Gasteiger partial charge in [0.15, 0.2) is 0 Å². The van der Waals surface area contributed by atoms with Gasteiger partial charge >= 0.3 is 0 Å². The molecule has 0 aliphatic rings. The Kier molecular flexibility index (Phi) is 3.93. The highest BCUT2D eigenvalue weighted by molar-refractivity contribution is 6.32. The fourth-order valence-corrected chi connectivity index (χ4v) is 2.63. The fourth-order valence-electron chi connectivity index (χ4n) is 2.06. The Morgan fingerprint density at radius 2 is 1.16 bits per heavy atom. The Morgan fingerprint density at radius 3 is 1.47 bits per heavy atom. The summed E-state index contributed by atoms with van der Waals surface area (Å²) >= 11 is 11.9. The van der Waals surface area contributed by atoms with Crippen molar-refractivity contribution in [2.45, 2.75) is 20.3 Å². The topological polar surface area (TPSA) is 40.5 Å². The van der Waals surface area contributed by atoms with Gasteiger partial charge in [0.25, 0.3) is 0 Å². The third kappa shape index (κ3) is 2.96. The van der Waals surface area contributed by atoms with E-state index >= 15 is 0 Å². The van der Waals surface area contributed by atoms with Gasteiger partial charge in [0, 0.05) is 0 Å². The van der Waals surface area contributed by atoms with Crippen LogP contribution >= 0.6 is 23.2 Å². The summed E-state index contributed by atoms with van der Waals surface area (Å²) in [7, 11) is 0. The molecule has 0 heterocycles. The summed E-state index contributed by atoms with van der Waals surface area (Å²) in [4.78, 5) is 0. The minimum Gasteiger partial charge on any atom is -0.506 e. The van der Waals surface area contributed by atoms with Crippen LogP contribution in [-0.2, 0) is 6.42 Å². The first-order valence-electron chi connectivity index (χ1n) is 5.84. The summed E-state index contributed by atoms with van der Waals surface area (Å²) in [5, 5.41) is 20.0. The molecule has 0 atom stereocenters. The Bertz CT molecular complexity index is 535. The number of rotatable bonds is 2. The molecule has 100 valence electrons. The molecule has 2 nitrogen and oxygen atoms in total. The molecule has 0 aliphatic heterocycles. The first-order chi connectivity index (χ1) is 8.88. The van der Waals surface area contributed by atoms with Crippen LogP contribution in [0.15, 0.2) is 24.3 Å². The van der Waals surface area contributed by atoms with E-state index in [9.17, 15) is 10.2 Å². The highest BCUT2D eigenvalue weighted by Crippen LogP contribution is 2.32. The van der Waals surface area contributed by atoms with Gasteiger partial charge in [0.1, 0.15) is 11.5 Å². The van der Waals surface area contributed by atoms with Gasteiger partial charge in [0.05, 0.1) is 10.0 Å². The minimum absolute atomic E-state index is 0.116. The van der Waals surface area contributed by atoms with Gasteiger partial charge in [-0.3, -0.25) is 0 Å². The minimum atomic E-state index is 0.116. The molecule has 4 heteroatoms. The summed E-state index contributed by atoms with van der Waals surface area (Å²) in [5.41, 5.74) is 3.45.